The number of nitrogens with one attached hydrogen (secondary N) is 1. The van der Waals surface area contributed by atoms with Gasteiger partial charge >= 0.3 is 0 Å². The van der Waals surface area contributed by atoms with Crippen molar-refractivity contribution in [3.05, 3.63) is 78.6 Å². The Morgan fingerprint density at radius 2 is 1.78 bits per heavy atom. The fourth-order valence-corrected chi connectivity index (χ4v) is 4.27. The monoisotopic (exact) mass is 370 g/mol. The molecule has 0 radical (unpaired) electrons. The van der Waals surface area contributed by atoms with Crippen molar-refractivity contribution in [2.45, 2.75) is 6.42 Å². The molecule has 6 nitrogen and oxygen atoms in total. The summed E-state index contributed by atoms with van der Waals surface area (Å²) < 4.78 is 0. The van der Waals surface area contributed by atoms with Gasteiger partial charge in [-0.15, -0.1) is 11.3 Å². The summed E-state index contributed by atoms with van der Waals surface area (Å²) in [4.78, 5) is 19.7. The highest BCUT2D eigenvalue weighted by molar-refractivity contribution is 7.19. The van der Waals surface area contributed by atoms with Gasteiger partial charge in [0.25, 0.3) is 0 Å². The Morgan fingerprint density at radius 1 is 0.889 bits per heavy atom. The zero-order valence-electron chi connectivity index (χ0n) is 14.2. The number of hydrogen-bond donors (Lipinski definition) is 1. The van der Waals surface area contributed by atoms with Gasteiger partial charge in [-0.25, -0.2) is 4.98 Å². The summed E-state index contributed by atoms with van der Waals surface area (Å²) in [6.07, 6.45) is 9.35. The van der Waals surface area contributed by atoms with Gasteiger partial charge in [-0.1, -0.05) is 12.1 Å². The Balaban J connectivity index is 1.63. The molecule has 4 aromatic heterocycles. The Morgan fingerprint density at radius 3 is 2.63 bits per heavy atom. The maximum absolute atomic E-state index is 4.53. The fourth-order valence-electron chi connectivity index (χ4n) is 3.13. The third-order valence-electron chi connectivity index (χ3n) is 4.37. The third-order valence-corrected chi connectivity index (χ3v) is 5.60. The SMILES string of the molecule is c1cc(Cc2cc(-c3ccncc3)sc2-c2ncn[nH]2)c2nccnc2c1. The van der Waals surface area contributed by atoms with Gasteiger partial charge in [-0.05, 0) is 41.0 Å². The van der Waals surface area contributed by atoms with Crippen molar-refractivity contribution in [2.24, 2.45) is 0 Å². The average Bonchev–Trinajstić information content (AvgIpc) is 3.39. The lowest BCUT2D eigenvalue weighted by Gasteiger charge is -2.05. The van der Waals surface area contributed by atoms with E-state index in [1.54, 1.807) is 23.7 Å². The van der Waals surface area contributed by atoms with Crippen molar-refractivity contribution in [3.63, 3.8) is 0 Å². The van der Waals surface area contributed by atoms with E-state index in [4.69, 9.17) is 0 Å². The molecule has 0 bridgehead atoms. The number of thiophene rings is 1. The number of nitrogens with zero attached hydrogens (tertiary/aromatic N) is 5. The Bertz CT molecular complexity index is 1190. The van der Waals surface area contributed by atoms with E-state index in [1.165, 1.54) is 16.8 Å². The second kappa shape index (κ2) is 6.69. The first-order chi connectivity index (χ1) is 13.4. The van der Waals surface area contributed by atoms with Gasteiger partial charge in [-0.2, -0.15) is 5.10 Å². The summed E-state index contributed by atoms with van der Waals surface area (Å²) in [5.41, 5.74) is 5.29. The van der Waals surface area contributed by atoms with E-state index in [9.17, 15) is 0 Å². The molecule has 0 spiro atoms. The molecule has 0 amide bonds. The van der Waals surface area contributed by atoms with Crippen LogP contribution < -0.4 is 0 Å². The van der Waals surface area contributed by atoms with Crippen molar-refractivity contribution in [1.29, 1.82) is 0 Å². The molecule has 5 aromatic rings. The highest BCUT2D eigenvalue weighted by Crippen LogP contribution is 2.38. The van der Waals surface area contributed by atoms with Gasteiger partial charge in [0.1, 0.15) is 6.33 Å². The van der Waals surface area contributed by atoms with E-state index >= 15 is 0 Å². The van der Waals surface area contributed by atoms with Crippen LogP contribution in [0.15, 0.2) is 67.5 Å². The van der Waals surface area contributed by atoms with Crippen LogP contribution in [0.2, 0.25) is 0 Å². The molecule has 0 saturated carbocycles. The molecule has 0 aliphatic heterocycles. The van der Waals surface area contributed by atoms with E-state index < -0.39 is 0 Å². The van der Waals surface area contributed by atoms with E-state index in [0.717, 1.165) is 39.3 Å². The molecule has 0 saturated heterocycles. The predicted octanol–water partition coefficient (Wildman–Crippen LogP) is 4.13. The Hall–Kier alpha value is -3.45. The summed E-state index contributed by atoms with van der Waals surface area (Å²) >= 11 is 1.70. The van der Waals surface area contributed by atoms with Gasteiger partial charge in [0.2, 0.25) is 0 Å². The van der Waals surface area contributed by atoms with Crippen LogP contribution in [0.3, 0.4) is 0 Å². The largest absolute Gasteiger partial charge is 0.265 e. The molecular weight excluding hydrogens is 356 g/mol. The zero-order chi connectivity index (χ0) is 18.1. The lowest BCUT2D eigenvalue weighted by molar-refractivity contribution is 1.09. The number of pyridine rings is 1. The highest BCUT2D eigenvalue weighted by Gasteiger charge is 2.16. The number of H-pyrrole nitrogens is 1. The van der Waals surface area contributed by atoms with Gasteiger partial charge < -0.3 is 0 Å². The van der Waals surface area contributed by atoms with Gasteiger partial charge in [0.15, 0.2) is 5.82 Å². The summed E-state index contributed by atoms with van der Waals surface area (Å²) in [7, 11) is 0. The highest BCUT2D eigenvalue weighted by atomic mass is 32.1. The Kier molecular flexibility index (Phi) is 3.91. The van der Waals surface area contributed by atoms with Crippen molar-refractivity contribution in [1.82, 2.24) is 30.1 Å². The molecular formula is C20H14N6S. The normalized spacial score (nSPS) is 11.1. The average molecular weight is 370 g/mol. The molecule has 4 heterocycles. The number of aromatic nitrogens is 6. The van der Waals surface area contributed by atoms with Crippen molar-refractivity contribution in [2.75, 3.05) is 0 Å². The van der Waals surface area contributed by atoms with E-state index in [1.807, 2.05) is 36.7 Å². The molecule has 0 aliphatic carbocycles. The summed E-state index contributed by atoms with van der Waals surface area (Å²) in [5, 5.41) is 7.01. The first kappa shape index (κ1) is 15.8. The summed E-state index contributed by atoms with van der Waals surface area (Å²) in [6, 6.07) is 12.4. The van der Waals surface area contributed by atoms with Crippen LogP contribution in [-0.2, 0) is 6.42 Å². The topological polar surface area (TPSA) is 80.2 Å². The quantitative estimate of drug-likeness (QED) is 0.514. The van der Waals surface area contributed by atoms with Gasteiger partial charge in [0.05, 0.1) is 15.9 Å². The first-order valence-corrected chi connectivity index (χ1v) is 9.27. The number of hydrogen-bond acceptors (Lipinski definition) is 6. The minimum absolute atomic E-state index is 0.744. The van der Waals surface area contributed by atoms with Crippen molar-refractivity contribution < 1.29 is 0 Å². The smallest absolute Gasteiger partial charge is 0.165 e. The minimum Gasteiger partial charge on any atom is -0.265 e. The van der Waals surface area contributed by atoms with E-state index in [2.05, 4.69) is 42.3 Å². The van der Waals surface area contributed by atoms with Crippen LogP contribution in [0, 0.1) is 0 Å². The fraction of sp³-hybridized carbons (Fsp3) is 0.0500. The zero-order valence-corrected chi connectivity index (χ0v) is 15.0. The second-order valence-corrected chi connectivity index (χ2v) is 7.11. The standard InChI is InChI=1S/C20H14N6S/c1-2-14(18-16(3-1)22-8-9-23-18)10-15-11-17(13-4-6-21-7-5-13)27-19(15)20-24-12-25-26-20/h1-9,11-12H,10H2,(H,24,25,26). The molecule has 1 N–H and O–H groups in total. The van der Waals surface area contributed by atoms with Gasteiger partial charge in [-0.3, -0.25) is 20.1 Å². The minimum atomic E-state index is 0.744. The first-order valence-electron chi connectivity index (χ1n) is 8.46. The van der Waals surface area contributed by atoms with Crippen LogP contribution in [0.25, 0.3) is 32.2 Å². The molecule has 1 aromatic carbocycles. The van der Waals surface area contributed by atoms with Gasteiger partial charge in [0, 0.05) is 36.1 Å². The lowest BCUT2D eigenvalue weighted by Crippen LogP contribution is -1.93. The molecule has 0 unspecified atom stereocenters. The van der Waals surface area contributed by atoms with E-state index in [0.29, 0.717) is 0 Å². The molecule has 0 aliphatic rings. The number of aromatic amines is 1. The molecule has 27 heavy (non-hydrogen) atoms. The van der Waals surface area contributed by atoms with Crippen molar-refractivity contribution >= 4 is 22.4 Å². The summed E-state index contributed by atoms with van der Waals surface area (Å²) in [5.74, 6) is 0.779. The summed E-state index contributed by atoms with van der Waals surface area (Å²) in [6.45, 7) is 0. The number of fused-ring (bicyclic) bond motifs is 1. The maximum Gasteiger partial charge on any atom is 0.165 e. The number of benzene rings is 1. The van der Waals surface area contributed by atoms with E-state index in [-0.39, 0.29) is 0 Å². The lowest BCUT2D eigenvalue weighted by atomic mass is 10.0. The van der Waals surface area contributed by atoms with Crippen molar-refractivity contribution in [3.8, 4) is 21.1 Å². The molecule has 7 heteroatoms. The predicted molar refractivity (Wildman–Crippen MR) is 105 cm³/mol. The van der Waals surface area contributed by atoms with Crippen LogP contribution in [-0.4, -0.2) is 30.1 Å². The van der Waals surface area contributed by atoms with Crippen LogP contribution in [0.4, 0.5) is 0 Å². The maximum atomic E-state index is 4.53. The van der Waals surface area contributed by atoms with Crippen LogP contribution >= 0.6 is 11.3 Å². The number of rotatable bonds is 4. The second-order valence-electron chi connectivity index (χ2n) is 6.05. The number of para-hydroxylation sites is 1. The molecule has 5 rings (SSSR count). The molecule has 0 fully saturated rings. The van der Waals surface area contributed by atoms with Crippen LogP contribution in [0.1, 0.15) is 11.1 Å². The van der Waals surface area contributed by atoms with Crippen LogP contribution in [0.5, 0.6) is 0 Å². The molecule has 130 valence electrons. The Labute approximate surface area is 159 Å². The molecule has 0 atom stereocenters. The third kappa shape index (κ3) is 2.98.